The zero-order valence-corrected chi connectivity index (χ0v) is 11.1. The third-order valence-corrected chi connectivity index (χ3v) is 2.44. The molecule has 0 fully saturated rings. The Kier molecular flexibility index (Phi) is 5.73. The molecule has 0 radical (unpaired) electrons. The van der Waals surface area contributed by atoms with Gasteiger partial charge in [0.15, 0.2) is 5.78 Å². The molecule has 0 aliphatic carbocycles. The molecule has 5 heteroatoms. The van der Waals surface area contributed by atoms with Gasteiger partial charge in [-0.1, -0.05) is 25.5 Å². The Hall–Kier alpha value is -2.17. The van der Waals surface area contributed by atoms with Gasteiger partial charge in [-0.15, -0.1) is 0 Å². The predicted molar refractivity (Wildman–Crippen MR) is 70.9 cm³/mol. The number of hydrogen-bond acceptors (Lipinski definition) is 4. The number of unbranched alkanes of at least 4 members (excludes halogenated alkanes) is 1. The van der Waals surface area contributed by atoms with Gasteiger partial charge in [-0.05, 0) is 25.5 Å². The van der Waals surface area contributed by atoms with Gasteiger partial charge in [0.1, 0.15) is 0 Å². The van der Waals surface area contributed by atoms with E-state index in [1.54, 1.807) is 18.2 Å². The molecule has 0 spiro atoms. The van der Waals surface area contributed by atoms with E-state index in [0.29, 0.717) is 11.3 Å². The Morgan fingerprint density at radius 1 is 1.26 bits per heavy atom. The van der Waals surface area contributed by atoms with Crippen LogP contribution in [0.3, 0.4) is 0 Å². The van der Waals surface area contributed by atoms with Crippen LogP contribution in [0.4, 0.5) is 5.69 Å². The summed E-state index contributed by atoms with van der Waals surface area (Å²) in [6, 6.07) is 6.38. The molecule has 1 aromatic carbocycles. The minimum atomic E-state index is -0.915. The van der Waals surface area contributed by atoms with Crippen LogP contribution in [-0.2, 0) is 14.3 Å². The summed E-state index contributed by atoms with van der Waals surface area (Å²) in [6.07, 6.45) is 1.61. The van der Waals surface area contributed by atoms with Gasteiger partial charge in [-0.25, -0.2) is 4.79 Å². The molecule has 19 heavy (non-hydrogen) atoms. The number of benzene rings is 1. The predicted octanol–water partition coefficient (Wildman–Crippen LogP) is 2.17. The van der Waals surface area contributed by atoms with E-state index in [1.165, 1.54) is 13.0 Å². The third-order valence-electron chi connectivity index (χ3n) is 2.44. The molecule has 0 atom stereocenters. The molecular formula is C14H17NO4. The van der Waals surface area contributed by atoms with Crippen molar-refractivity contribution in [2.75, 3.05) is 11.9 Å². The number of carbonyl (C=O) groups excluding carboxylic acids is 3. The van der Waals surface area contributed by atoms with Crippen LogP contribution in [0, 0.1) is 0 Å². The monoisotopic (exact) mass is 263 g/mol. The number of rotatable bonds is 5. The molecule has 0 heterocycles. The van der Waals surface area contributed by atoms with Crippen molar-refractivity contribution in [2.45, 2.75) is 26.7 Å². The summed E-state index contributed by atoms with van der Waals surface area (Å²) in [6.45, 7) is 3.62. The van der Waals surface area contributed by atoms with Gasteiger partial charge >= 0.3 is 11.9 Å². The first-order chi connectivity index (χ1) is 9.04. The number of ketones is 1. The van der Waals surface area contributed by atoms with Crippen LogP contribution < -0.4 is 5.32 Å². The first kappa shape index (κ1) is 14.9. The second kappa shape index (κ2) is 7.31. The number of nitrogens with one attached hydrogen (secondary N) is 1. The zero-order chi connectivity index (χ0) is 14.3. The number of Topliss-reactive ketones (excluding diaryl/α,β-unsaturated/α-hetero) is 1. The van der Waals surface area contributed by atoms with Crippen molar-refractivity contribution in [1.29, 1.82) is 0 Å². The molecule has 0 aromatic heterocycles. The summed E-state index contributed by atoms with van der Waals surface area (Å²) < 4.78 is 4.78. The van der Waals surface area contributed by atoms with Crippen LogP contribution in [0.5, 0.6) is 0 Å². The van der Waals surface area contributed by atoms with E-state index >= 15 is 0 Å². The van der Waals surface area contributed by atoms with Crippen LogP contribution >= 0.6 is 0 Å². The SMILES string of the molecule is CCCCOC(=O)C(=O)Nc1cccc(C(C)=O)c1. The van der Waals surface area contributed by atoms with Gasteiger partial charge < -0.3 is 10.1 Å². The largest absolute Gasteiger partial charge is 0.459 e. The minimum Gasteiger partial charge on any atom is -0.459 e. The van der Waals surface area contributed by atoms with Crippen molar-refractivity contribution >= 4 is 23.3 Å². The highest BCUT2D eigenvalue weighted by molar-refractivity contribution is 6.37. The zero-order valence-electron chi connectivity index (χ0n) is 11.1. The second-order valence-electron chi connectivity index (χ2n) is 4.08. The average Bonchev–Trinajstić information content (AvgIpc) is 2.39. The smallest absolute Gasteiger partial charge is 0.397 e. The van der Waals surface area contributed by atoms with Gasteiger partial charge in [0.2, 0.25) is 0 Å². The van der Waals surface area contributed by atoms with E-state index in [-0.39, 0.29) is 12.4 Å². The van der Waals surface area contributed by atoms with Crippen molar-refractivity contribution < 1.29 is 19.1 Å². The molecule has 0 aliphatic rings. The lowest BCUT2D eigenvalue weighted by atomic mass is 10.1. The fraction of sp³-hybridized carbons (Fsp3) is 0.357. The van der Waals surface area contributed by atoms with Gasteiger partial charge in [0, 0.05) is 11.3 Å². The molecule has 1 N–H and O–H groups in total. The second-order valence-corrected chi connectivity index (χ2v) is 4.08. The van der Waals surface area contributed by atoms with E-state index in [2.05, 4.69) is 5.32 Å². The molecular weight excluding hydrogens is 246 g/mol. The van der Waals surface area contributed by atoms with Gasteiger partial charge in [-0.3, -0.25) is 9.59 Å². The van der Waals surface area contributed by atoms with Gasteiger partial charge in [0.05, 0.1) is 6.61 Å². The number of amides is 1. The molecule has 0 saturated carbocycles. The van der Waals surface area contributed by atoms with Gasteiger partial charge in [-0.2, -0.15) is 0 Å². The van der Waals surface area contributed by atoms with Gasteiger partial charge in [0.25, 0.3) is 0 Å². The highest BCUT2D eigenvalue weighted by atomic mass is 16.5. The summed E-state index contributed by atoms with van der Waals surface area (Å²) in [4.78, 5) is 34.0. The fourth-order valence-electron chi connectivity index (χ4n) is 1.37. The molecule has 0 unspecified atom stereocenters. The van der Waals surface area contributed by atoms with Crippen molar-refractivity contribution in [3.05, 3.63) is 29.8 Å². The first-order valence-electron chi connectivity index (χ1n) is 6.13. The molecule has 102 valence electrons. The summed E-state index contributed by atoms with van der Waals surface area (Å²) >= 11 is 0. The average molecular weight is 263 g/mol. The summed E-state index contributed by atoms with van der Waals surface area (Å²) in [5.41, 5.74) is 0.863. The highest BCUT2D eigenvalue weighted by Gasteiger charge is 2.15. The van der Waals surface area contributed by atoms with Crippen molar-refractivity contribution in [2.24, 2.45) is 0 Å². The topological polar surface area (TPSA) is 72.5 Å². The molecule has 0 aliphatic heterocycles. The number of anilines is 1. The third kappa shape index (κ3) is 4.91. The van der Waals surface area contributed by atoms with Crippen molar-refractivity contribution in [3.63, 3.8) is 0 Å². The Labute approximate surface area is 111 Å². The van der Waals surface area contributed by atoms with Crippen molar-refractivity contribution in [3.8, 4) is 0 Å². The van der Waals surface area contributed by atoms with E-state index in [9.17, 15) is 14.4 Å². The van der Waals surface area contributed by atoms with E-state index in [1.807, 2.05) is 6.92 Å². The molecule has 0 bridgehead atoms. The van der Waals surface area contributed by atoms with Crippen molar-refractivity contribution in [1.82, 2.24) is 0 Å². The van der Waals surface area contributed by atoms with Crippen LogP contribution in [0.2, 0.25) is 0 Å². The molecule has 0 saturated heterocycles. The highest BCUT2D eigenvalue weighted by Crippen LogP contribution is 2.11. The fourth-order valence-corrected chi connectivity index (χ4v) is 1.37. The quantitative estimate of drug-likeness (QED) is 0.382. The number of hydrogen-bond donors (Lipinski definition) is 1. The first-order valence-corrected chi connectivity index (χ1v) is 6.13. The summed E-state index contributed by atoms with van der Waals surface area (Å²) in [5.74, 6) is -1.86. The Balaban J connectivity index is 2.59. The lowest BCUT2D eigenvalue weighted by Gasteiger charge is -2.06. The van der Waals surface area contributed by atoms with E-state index in [4.69, 9.17) is 4.74 Å². The minimum absolute atomic E-state index is 0.110. The lowest BCUT2D eigenvalue weighted by Crippen LogP contribution is -2.25. The lowest BCUT2D eigenvalue weighted by molar-refractivity contribution is -0.152. The maximum absolute atomic E-state index is 11.5. The van der Waals surface area contributed by atoms with Crippen LogP contribution in [0.15, 0.2) is 24.3 Å². The molecule has 1 aromatic rings. The molecule has 5 nitrogen and oxygen atoms in total. The van der Waals surface area contributed by atoms with E-state index < -0.39 is 11.9 Å². The summed E-state index contributed by atoms with van der Waals surface area (Å²) in [7, 11) is 0. The normalized spacial score (nSPS) is 9.79. The van der Waals surface area contributed by atoms with Crippen LogP contribution in [0.1, 0.15) is 37.0 Å². The number of ether oxygens (including phenoxy) is 1. The number of esters is 1. The Morgan fingerprint density at radius 2 is 2.00 bits per heavy atom. The molecule has 1 amide bonds. The molecule has 1 rings (SSSR count). The Morgan fingerprint density at radius 3 is 2.63 bits per heavy atom. The number of carbonyl (C=O) groups is 3. The maximum atomic E-state index is 11.5. The maximum Gasteiger partial charge on any atom is 0.397 e. The van der Waals surface area contributed by atoms with E-state index in [0.717, 1.165) is 12.8 Å². The summed E-state index contributed by atoms with van der Waals surface area (Å²) in [5, 5.41) is 2.40. The van der Waals surface area contributed by atoms with Crippen LogP contribution in [-0.4, -0.2) is 24.3 Å². The Bertz CT molecular complexity index is 482. The standard InChI is InChI=1S/C14H17NO4/c1-3-4-8-19-14(18)13(17)15-12-7-5-6-11(9-12)10(2)16/h5-7,9H,3-4,8H2,1-2H3,(H,15,17). The van der Waals surface area contributed by atoms with Crippen LogP contribution in [0.25, 0.3) is 0 Å².